The molecule has 1 aliphatic heterocycles. The molecule has 0 radical (unpaired) electrons. The highest BCUT2D eigenvalue weighted by Crippen LogP contribution is 2.47. The van der Waals surface area contributed by atoms with Gasteiger partial charge in [0.05, 0.1) is 18.6 Å². The average molecular weight is 482 g/mol. The second-order valence-corrected chi connectivity index (χ2v) is 8.35. The highest BCUT2D eigenvalue weighted by Gasteiger charge is 2.51. The molecule has 34 heavy (non-hydrogen) atoms. The summed E-state index contributed by atoms with van der Waals surface area (Å²) in [6.07, 6.45) is -2.90. The Kier molecular flexibility index (Phi) is 8.37. The molecule has 0 bridgehead atoms. The number of benzene rings is 1. The first-order chi connectivity index (χ1) is 16.2. The van der Waals surface area contributed by atoms with Gasteiger partial charge in [0.2, 0.25) is 11.8 Å². The van der Waals surface area contributed by atoms with Crippen LogP contribution in [0.2, 0.25) is 0 Å². The summed E-state index contributed by atoms with van der Waals surface area (Å²) in [6.45, 7) is 1.64. The van der Waals surface area contributed by atoms with Crippen LogP contribution in [0.5, 0.6) is 5.75 Å². The van der Waals surface area contributed by atoms with Crippen molar-refractivity contribution in [3.8, 4) is 5.75 Å². The van der Waals surface area contributed by atoms with Crippen LogP contribution < -0.4 is 10.1 Å². The number of allylic oxidation sites excluding steroid dienone is 1. The second-order valence-electron chi connectivity index (χ2n) is 8.35. The largest absolute Gasteiger partial charge is 0.486 e. The predicted molar refractivity (Wildman–Crippen MR) is 118 cm³/mol. The van der Waals surface area contributed by atoms with Crippen LogP contribution in [-0.4, -0.2) is 71.0 Å². The number of aliphatic hydroxyl groups is 2. The molecule has 2 aliphatic rings. The molecule has 0 fully saturated rings. The number of fused-ring (bicyclic) bond motifs is 3. The van der Waals surface area contributed by atoms with Crippen LogP contribution in [0.3, 0.4) is 0 Å². The van der Waals surface area contributed by atoms with Gasteiger partial charge in [-0.05, 0) is 31.4 Å². The molecule has 7 nitrogen and oxygen atoms in total. The van der Waals surface area contributed by atoms with Crippen molar-refractivity contribution >= 4 is 11.8 Å². The summed E-state index contributed by atoms with van der Waals surface area (Å²) in [5.74, 6) is -1.69. The molecule has 0 saturated carbocycles. The van der Waals surface area contributed by atoms with E-state index in [2.05, 4.69) is 11.9 Å². The number of amides is 2. The SMILES string of the molecule is C=CCCCCC(=O)N(CC(F)(F)F)[C@@H]1C=C(C(=O)NCCO)[C@@H]2c3ccccc3O[C@@H]2[C@H]1O. The fourth-order valence-corrected chi connectivity index (χ4v) is 4.45. The maximum atomic E-state index is 13.4. The highest BCUT2D eigenvalue weighted by atomic mass is 19.4. The maximum Gasteiger partial charge on any atom is 0.406 e. The molecule has 3 N–H and O–H groups in total. The number of carbonyl (C=O) groups is 2. The minimum Gasteiger partial charge on any atom is -0.486 e. The first-order valence-corrected chi connectivity index (χ1v) is 11.2. The van der Waals surface area contributed by atoms with Gasteiger partial charge in [-0.25, -0.2) is 0 Å². The van der Waals surface area contributed by atoms with Gasteiger partial charge in [0, 0.05) is 24.1 Å². The number of aliphatic hydroxyl groups excluding tert-OH is 2. The quantitative estimate of drug-likeness (QED) is 0.352. The monoisotopic (exact) mass is 482 g/mol. The summed E-state index contributed by atoms with van der Waals surface area (Å²) < 4.78 is 46.2. The summed E-state index contributed by atoms with van der Waals surface area (Å²) in [6, 6.07) is 5.39. The molecular weight excluding hydrogens is 453 g/mol. The lowest BCUT2D eigenvalue weighted by Gasteiger charge is -2.41. The number of alkyl halides is 3. The Morgan fingerprint density at radius 2 is 1.97 bits per heavy atom. The average Bonchev–Trinajstić information content (AvgIpc) is 3.19. The number of para-hydroxylation sites is 1. The third-order valence-electron chi connectivity index (χ3n) is 5.96. The van der Waals surface area contributed by atoms with E-state index in [9.17, 15) is 27.9 Å². The minimum atomic E-state index is -4.71. The molecule has 2 amide bonds. The Morgan fingerprint density at radius 1 is 1.24 bits per heavy atom. The van der Waals surface area contributed by atoms with Gasteiger partial charge in [0.15, 0.2) is 0 Å². The lowest BCUT2D eigenvalue weighted by molar-refractivity contribution is -0.170. The number of unbranched alkanes of at least 4 members (excludes halogenated alkanes) is 2. The molecule has 0 aromatic heterocycles. The Bertz CT molecular complexity index is 933. The smallest absolute Gasteiger partial charge is 0.406 e. The van der Waals surface area contributed by atoms with E-state index in [-0.39, 0.29) is 25.1 Å². The second kappa shape index (κ2) is 11.1. The van der Waals surface area contributed by atoms with E-state index >= 15 is 0 Å². The summed E-state index contributed by atoms with van der Waals surface area (Å²) in [7, 11) is 0. The topological polar surface area (TPSA) is 99.1 Å². The lowest BCUT2D eigenvalue weighted by Crippen LogP contribution is -2.57. The summed E-state index contributed by atoms with van der Waals surface area (Å²) in [5, 5.41) is 22.7. The number of carbonyl (C=O) groups excluding carboxylic acids is 2. The van der Waals surface area contributed by atoms with Crippen molar-refractivity contribution in [3.05, 3.63) is 54.1 Å². The molecule has 1 aromatic rings. The Balaban J connectivity index is 1.98. The van der Waals surface area contributed by atoms with Crippen molar-refractivity contribution in [2.45, 2.75) is 56.0 Å². The van der Waals surface area contributed by atoms with Crippen molar-refractivity contribution in [1.82, 2.24) is 10.2 Å². The highest BCUT2D eigenvalue weighted by molar-refractivity contribution is 5.96. The molecule has 0 saturated heterocycles. The van der Waals surface area contributed by atoms with E-state index in [0.29, 0.717) is 35.5 Å². The van der Waals surface area contributed by atoms with Crippen molar-refractivity contribution in [2.75, 3.05) is 19.7 Å². The van der Waals surface area contributed by atoms with Gasteiger partial charge in [-0.3, -0.25) is 9.59 Å². The first-order valence-electron chi connectivity index (χ1n) is 11.2. The van der Waals surface area contributed by atoms with E-state index < -0.39 is 48.7 Å². The normalized spacial score (nSPS) is 23.3. The Morgan fingerprint density at radius 3 is 2.65 bits per heavy atom. The predicted octanol–water partition coefficient (Wildman–Crippen LogP) is 2.45. The fraction of sp³-hybridized carbons (Fsp3) is 0.500. The van der Waals surface area contributed by atoms with Crippen molar-refractivity contribution in [2.24, 2.45) is 0 Å². The van der Waals surface area contributed by atoms with Crippen molar-refractivity contribution < 1.29 is 37.7 Å². The molecule has 0 spiro atoms. The fourth-order valence-electron chi connectivity index (χ4n) is 4.45. The molecule has 4 atom stereocenters. The van der Waals surface area contributed by atoms with E-state index in [4.69, 9.17) is 9.84 Å². The minimum absolute atomic E-state index is 0.0578. The van der Waals surface area contributed by atoms with Gasteiger partial charge in [0.1, 0.15) is 24.5 Å². The molecule has 1 aliphatic carbocycles. The zero-order valence-corrected chi connectivity index (χ0v) is 18.6. The van der Waals surface area contributed by atoms with E-state index in [1.54, 1.807) is 30.3 Å². The summed E-state index contributed by atoms with van der Waals surface area (Å²) in [5.41, 5.74) is 0.707. The zero-order chi connectivity index (χ0) is 24.9. The van der Waals surface area contributed by atoms with E-state index in [0.717, 1.165) is 0 Å². The van der Waals surface area contributed by atoms with Crippen LogP contribution in [0.25, 0.3) is 0 Å². The van der Waals surface area contributed by atoms with E-state index in [1.807, 2.05) is 0 Å². The van der Waals surface area contributed by atoms with E-state index in [1.165, 1.54) is 6.08 Å². The number of halogens is 3. The molecule has 186 valence electrons. The lowest BCUT2D eigenvalue weighted by atomic mass is 9.77. The number of nitrogens with zero attached hydrogens (tertiary/aromatic N) is 1. The Labute approximate surface area is 195 Å². The van der Waals surface area contributed by atoms with Crippen LogP contribution in [0.1, 0.15) is 37.2 Å². The van der Waals surface area contributed by atoms with Crippen LogP contribution in [0.15, 0.2) is 48.6 Å². The van der Waals surface area contributed by atoms with Crippen LogP contribution in [0.4, 0.5) is 13.2 Å². The van der Waals surface area contributed by atoms with Crippen LogP contribution in [0, 0.1) is 0 Å². The molecule has 1 aromatic carbocycles. The Hall–Kier alpha value is -2.85. The molecule has 0 unspecified atom stereocenters. The van der Waals surface area contributed by atoms with Gasteiger partial charge in [-0.1, -0.05) is 24.3 Å². The standard InChI is InChI=1S/C24H29F3N2O5/c1-2-3-4-5-10-19(31)29(14-24(25,26)27)17-13-16(23(33)28-11-12-30)20-15-8-6-7-9-18(15)34-22(20)21(17)32/h2,6-9,13,17,20-22,30,32H,1,3-5,10-12,14H2,(H,28,33)/t17-,20+,21+,22+/m1/s1. The van der Waals surface area contributed by atoms with Gasteiger partial charge in [-0.2, -0.15) is 13.2 Å². The summed E-state index contributed by atoms with van der Waals surface area (Å²) >= 11 is 0. The van der Waals surface area contributed by atoms with Gasteiger partial charge < -0.3 is 25.2 Å². The molecule has 10 heteroatoms. The molecule has 1 heterocycles. The number of rotatable bonds is 10. The number of hydrogen-bond donors (Lipinski definition) is 3. The van der Waals surface area contributed by atoms with Crippen LogP contribution in [-0.2, 0) is 9.59 Å². The first kappa shape index (κ1) is 25.8. The summed E-state index contributed by atoms with van der Waals surface area (Å²) in [4.78, 5) is 26.4. The van der Waals surface area contributed by atoms with Gasteiger partial charge in [-0.15, -0.1) is 6.58 Å². The van der Waals surface area contributed by atoms with Crippen LogP contribution >= 0.6 is 0 Å². The maximum absolute atomic E-state index is 13.4. The number of hydrogen-bond acceptors (Lipinski definition) is 5. The van der Waals surface area contributed by atoms with Crippen molar-refractivity contribution in [1.29, 1.82) is 0 Å². The third kappa shape index (κ3) is 5.79. The third-order valence-corrected chi connectivity index (χ3v) is 5.96. The number of ether oxygens (including phenoxy) is 1. The molecular formula is C24H29F3N2O5. The van der Waals surface area contributed by atoms with Gasteiger partial charge >= 0.3 is 6.18 Å². The molecule has 3 rings (SSSR count). The van der Waals surface area contributed by atoms with Crippen molar-refractivity contribution in [3.63, 3.8) is 0 Å². The zero-order valence-electron chi connectivity index (χ0n) is 18.6. The number of nitrogens with one attached hydrogen (secondary N) is 1. The van der Waals surface area contributed by atoms with Gasteiger partial charge in [0.25, 0.3) is 0 Å².